The van der Waals surface area contributed by atoms with Crippen molar-refractivity contribution in [3.63, 3.8) is 0 Å². The zero-order chi connectivity index (χ0) is 19.7. The number of Topliss-reactive ketones (excluding diaryl/α,β-unsaturated/α-hetero) is 1. The highest BCUT2D eigenvalue weighted by Crippen LogP contribution is 2.24. The average molecular weight is 391 g/mol. The highest BCUT2D eigenvalue weighted by molar-refractivity contribution is 7.99. The molecular formula is C20H17N5O2S. The van der Waals surface area contributed by atoms with E-state index in [0.717, 1.165) is 16.6 Å². The van der Waals surface area contributed by atoms with Gasteiger partial charge < -0.3 is 5.32 Å². The van der Waals surface area contributed by atoms with Gasteiger partial charge in [0.25, 0.3) is 0 Å². The molecule has 0 bridgehead atoms. The number of rotatable bonds is 5. The van der Waals surface area contributed by atoms with Crippen molar-refractivity contribution in [2.45, 2.75) is 19.0 Å². The number of benzene rings is 2. The molecule has 0 saturated carbocycles. The average Bonchev–Trinajstić information content (AvgIpc) is 3.08. The van der Waals surface area contributed by atoms with Gasteiger partial charge in [0.15, 0.2) is 16.6 Å². The molecule has 1 N–H and O–H groups in total. The molecule has 0 atom stereocenters. The monoisotopic (exact) mass is 391 g/mol. The number of fused-ring (bicyclic) bond motifs is 3. The molecule has 8 heteroatoms. The molecule has 0 spiro atoms. The zero-order valence-electron chi connectivity index (χ0n) is 15.3. The van der Waals surface area contributed by atoms with Gasteiger partial charge in [0.1, 0.15) is 5.82 Å². The fourth-order valence-corrected chi connectivity index (χ4v) is 3.61. The van der Waals surface area contributed by atoms with Crippen LogP contribution in [0, 0.1) is 6.92 Å². The fourth-order valence-electron chi connectivity index (χ4n) is 2.87. The summed E-state index contributed by atoms with van der Waals surface area (Å²) in [7, 11) is 0. The van der Waals surface area contributed by atoms with Gasteiger partial charge in [0.2, 0.25) is 5.91 Å². The normalized spacial score (nSPS) is 11.1. The van der Waals surface area contributed by atoms with Crippen molar-refractivity contribution in [3.05, 3.63) is 59.9 Å². The summed E-state index contributed by atoms with van der Waals surface area (Å²) in [5.41, 5.74) is 2.67. The van der Waals surface area contributed by atoms with Gasteiger partial charge in [-0.2, -0.15) is 4.52 Å². The number of ketones is 1. The molecule has 1 amide bonds. The van der Waals surface area contributed by atoms with Crippen LogP contribution in [0.4, 0.5) is 5.69 Å². The number of thioether (sulfide) groups is 1. The number of aryl methyl sites for hydroxylation is 1. The Morgan fingerprint density at radius 1 is 1.11 bits per heavy atom. The number of carbonyl (C=O) groups is 2. The first kappa shape index (κ1) is 18.1. The number of hydrogen-bond donors (Lipinski definition) is 1. The molecule has 0 aliphatic rings. The molecule has 4 rings (SSSR count). The summed E-state index contributed by atoms with van der Waals surface area (Å²) in [6.45, 7) is 3.32. The topological polar surface area (TPSA) is 89.2 Å². The van der Waals surface area contributed by atoms with Crippen LogP contribution < -0.4 is 5.32 Å². The summed E-state index contributed by atoms with van der Waals surface area (Å²) in [4.78, 5) is 33.0. The van der Waals surface area contributed by atoms with Gasteiger partial charge in [0, 0.05) is 16.6 Å². The van der Waals surface area contributed by atoms with E-state index in [0.29, 0.717) is 22.2 Å². The minimum Gasteiger partial charge on any atom is -0.325 e. The van der Waals surface area contributed by atoms with Gasteiger partial charge in [-0.1, -0.05) is 36.0 Å². The van der Waals surface area contributed by atoms with Crippen molar-refractivity contribution < 1.29 is 9.59 Å². The second-order valence-corrected chi connectivity index (χ2v) is 7.22. The molecule has 2 aromatic carbocycles. The van der Waals surface area contributed by atoms with E-state index < -0.39 is 0 Å². The van der Waals surface area contributed by atoms with Crippen LogP contribution in [0.5, 0.6) is 0 Å². The number of nitrogens with zero attached hydrogens (tertiary/aromatic N) is 4. The first-order valence-corrected chi connectivity index (χ1v) is 9.65. The van der Waals surface area contributed by atoms with Gasteiger partial charge in [-0.3, -0.25) is 9.59 Å². The molecule has 140 valence electrons. The first-order chi connectivity index (χ1) is 13.5. The summed E-state index contributed by atoms with van der Waals surface area (Å²) < 4.78 is 1.67. The Kier molecular flexibility index (Phi) is 4.79. The van der Waals surface area contributed by atoms with Crippen molar-refractivity contribution in [1.82, 2.24) is 19.6 Å². The lowest BCUT2D eigenvalue weighted by Gasteiger charge is -2.08. The highest BCUT2D eigenvalue weighted by Gasteiger charge is 2.14. The molecule has 4 aromatic rings. The van der Waals surface area contributed by atoms with Gasteiger partial charge in [-0.05, 0) is 38.1 Å². The van der Waals surface area contributed by atoms with E-state index in [2.05, 4.69) is 20.4 Å². The Labute approximate surface area is 165 Å². The van der Waals surface area contributed by atoms with Crippen LogP contribution in [0.3, 0.4) is 0 Å². The van der Waals surface area contributed by atoms with Crippen molar-refractivity contribution in [1.29, 1.82) is 0 Å². The number of hydrogen-bond acceptors (Lipinski definition) is 6. The van der Waals surface area contributed by atoms with Gasteiger partial charge in [0.05, 0.1) is 11.3 Å². The number of nitrogens with one attached hydrogen (secondary N) is 1. The Morgan fingerprint density at radius 3 is 2.75 bits per heavy atom. The van der Waals surface area contributed by atoms with E-state index in [-0.39, 0.29) is 17.4 Å². The van der Waals surface area contributed by atoms with Crippen LogP contribution in [-0.4, -0.2) is 37.0 Å². The highest BCUT2D eigenvalue weighted by atomic mass is 32.2. The SMILES string of the molecule is CC(=O)c1cccc(NC(=O)CSc2nc3ccccc3c3nc(C)nn23)c1. The quantitative estimate of drug-likeness (QED) is 0.318. The summed E-state index contributed by atoms with van der Waals surface area (Å²) >= 11 is 1.29. The molecule has 0 radical (unpaired) electrons. The molecule has 2 heterocycles. The lowest BCUT2D eigenvalue weighted by molar-refractivity contribution is -0.113. The Hall–Kier alpha value is -3.26. The maximum atomic E-state index is 12.4. The number of amides is 1. The van der Waals surface area contributed by atoms with Gasteiger partial charge in [-0.15, -0.1) is 5.10 Å². The molecule has 2 aromatic heterocycles. The molecule has 0 unspecified atom stereocenters. The smallest absolute Gasteiger partial charge is 0.234 e. The van der Waals surface area contributed by atoms with Crippen LogP contribution in [0.25, 0.3) is 16.6 Å². The lowest BCUT2D eigenvalue weighted by Crippen LogP contribution is -2.15. The van der Waals surface area contributed by atoms with E-state index in [1.165, 1.54) is 18.7 Å². The molecule has 28 heavy (non-hydrogen) atoms. The Bertz CT molecular complexity index is 1220. The van der Waals surface area contributed by atoms with Crippen LogP contribution in [0.15, 0.2) is 53.7 Å². The number of carbonyl (C=O) groups excluding carboxylic acids is 2. The summed E-state index contributed by atoms with van der Waals surface area (Å²) in [5, 5.41) is 8.74. The Morgan fingerprint density at radius 2 is 1.93 bits per heavy atom. The fraction of sp³-hybridized carbons (Fsp3) is 0.150. The lowest BCUT2D eigenvalue weighted by atomic mass is 10.1. The maximum Gasteiger partial charge on any atom is 0.234 e. The van der Waals surface area contributed by atoms with Crippen molar-refractivity contribution in [2.75, 3.05) is 11.1 Å². The van der Waals surface area contributed by atoms with Crippen molar-refractivity contribution in [2.24, 2.45) is 0 Å². The van der Waals surface area contributed by atoms with Crippen molar-refractivity contribution in [3.8, 4) is 0 Å². The van der Waals surface area contributed by atoms with E-state index >= 15 is 0 Å². The number of anilines is 1. The second-order valence-electron chi connectivity index (χ2n) is 6.28. The summed E-state index contributed by atoms with van der Waals surface area (Å²) in [6.07, 6.45) is 0. The zero-order valence-corrected chi connectivity index (χ0v) is 16.2. The third kappa shape index (κ3) is 3.59. The summed E-state index contributed by atoms with van der Waals surface area (Å²) in [5.74, 6) is 0.565. The minimum absolute atomic E-state index is 0.0465. The van der Waals surface area contributed by atoms with Crippen LogP contribution in [0.1, 0.15) is 23.1 Å². The molecule has 0 fully saturated rings. The second kappa shape index (κ2) is 7.40. The number of aromatic nitrogens is 4. The maximum absolute atomic E-state index is 12.4. The Balaban J connectivity index is 1.56. The van der Waals surface area contributed by atoms with E-state index in [4.69, 9.17) is 0 Å². The van der Waals surface area contributed by atoms with E-state index in [1.54, 1.807) is 28.8 Å². The molecule has 7 nitrogen and oxygen atoms in total. The number of para-hydroxylation sites is 1. The summed E-state index contributed by atoms with van der Waals surface area (Å²) in [6, 6.07) is 14.6. The third-order valence-electron chi connectivity index (χ3n) is 4.14. The molecule has 0 aliphatic carbocycles. The van der Waals surface area contributed by atoms with Crippen molar-refractivity contribution >= 4 is 45.7 Å². The molecule has 0 saturated heterocycles. The molecule has 0 aliphatic heterocycles. The van der Waals surface area contributed by atoms with Crippen LogP contribution in [-0.2, 0) is 4.79 Å². The van der Waals surface area contributed by atoms with Crippen LogP contribution >= 0.6 is 11.8 Å². The van der Waals surface area contributed by atoms with E-state index in [9.17, 15) is 9.59 Å². The predicted octanol–water partition coefficient (Wildman–Crippen LogP) is 3.52. The predicted molar refractivity (Wildman–Crippen MR) is 109 cm³/mol. The third-order valence-corrected chi connectivity index (χ3v) is 5.07. The van der Waals surface area contributed by atoms with Gasteiger partial charge in [-0.25, -0.2) is 9.97 Å². The first-order valence-electron chi connectivity index (χ1n) is 8.67. The van der Waals surface area contributed by atoms with Crippen LogP contribution in [0.2, 0.25) is 0 Å². The standard InChI is InChI=1S/C20H17N5O2S/c1-12(26)14-6-5-7-15(10-14)22-18(27)11-28-20-23-17-9-4-3-8-16(17)19-21-13(2)24-25(19)20/h3-10H,11H2,1-2H3,(H,22,27). The minimum atomic E-state index is -0.189. The van der Waals surface area contributed by atoms with E-state index in [1.807, 2.05) is 31.2 Å². The van der Waals surface area contributed by atoms with Gasteiger partial charge >= 0.3 is 0 Å². The largest absolute Gasteiger partial charge is 0.325 e. The molecular weight excluding hydrogens is 374 g/mol.